The summed E-state index contributed by atoms with van der Waals surface area (Å²) in [5.74, 6) is 0.0441. The summed E-state index contributed by atoms with van der Waals surface area (Å²) in [6.45, 7) is 1.87. The van der Waals surface area contributed by atoms with E-state index in [4.69, 9.17) is 10.9 Å². The van der Waals surface area contributed by atoms with Gasteiger partial charge in [-0.1, -0.05) is 16.5 Å². The van der Waals surface area contributed by atoms with Gasteiger partial charge < -0.3 is 10.9 Å². The fourth-order valence-electron chi connectivity index (χ4n) is 1.26. The van der Waals surface area contributed by atoms with Gasteiger partial charge in [0.05, 0.1) is 5.56 Å². The van der Waals surface area contributed by atoms with Gasteiger partial charge in [-0.15, -0.1) is 10.2 Å². The molecule has 0 fully saturated rings. The normalized spacial score (nSPS) is 11.7. The van der Waals surface area contributed by atoms with Crippen molar-refractivity contribution in [2.24, 2.45) is 10.9 Å². The van der Waals surface area contributed by atoms with Gasteiger partial charge in [0, 0.05) is 6.20 Å². The number of aryl methyl sites for hydroxylation is 1. The maximum absolute atomic E-state index is 8.76. The van der Waals surface area contributed by atoms with E-state index in [9.17, 15) is 0 Å². The van der Waals surface area contributed by atoms with Crippen LogP contribution in [0.4, 0.5) is 0 Å². The lowest BCUT2D eigenvalue weighted by molar-refractivity contribution is 0.318. The topological polar surface area (TPSA) is 97.3 Å². The Hall–Kier alpha value is -1.67. The van der Waals surface area contributed by atoms with Crippen LogP contribution in [0.1, 0.15) is 11.1 Å². The van der Waals surface area contributed by atoms with Crippen molar-refractivity contribution in [3.63, 3.8) is 0 Å². The molecule has 0 saturated carbocycles. The van der Waals surface area contributed by atoms with Crippen molar-refractivity contribution in [2.75, 3.05) is 0 Å². The molecule has 0 bridgehead atoms. The van der Waals surface area contributed by atoms with Crippen molar-refractivity contribution >= 4 is 28.9 Å². The van der Waals surface area contributed by atoms with E-state index in [0.29, 0.717) is 10.6 Å². The average molecular weight is 267 g/mol. The molecule has 8 heteroatoms. The highest BCUT2D eigenvalue weighted by Crippen LogP contribution is 2.30. The zero-order valence-electron chi connectivity index (χ0n) is 8.86. The zero-order valence-corrected chi connectivity index (χ0v) is 10.5. The van der Waals surface area contributed by atoms with Gasteiger partial charge in [-0.25, -0.2) is 4.98 Å². The molecule has 88 valence electrons. The van der Waals surface area contributed by atoms with Gasteiger partial charge in [-0.05, 0) is 30.3 Å². The van der Waals surface area contributed by atoms with E-state index in [1.165, 1.54) is 23.1 Å². The Morgan fingerprint density at radius 3 is 3.06 bits per heavy atom. The van der Waals surface area contributed by atoms with Crippen molar-refractivity contribution in [1.29, 1.82) is 0 Å². The molecule has 0 amide bonds. The molecule has 2 aromatic rings. The van der Waals surface area contributed by atoms with Crippen LogP contribution in [0, 0.1) is 6.92 Å². The summed E-state index contributed by atoms with van der Waals surface area (Å²) in [6.07, 6.45) is 1.67. The summed E-state index contributed by atoms with van der Waals surface area (Å²) >= 11 is 2.75. The monoisotopic (exact) mass is 267 g/mol. The van der Waals surface area contributed by atoms with Crippen LogP contribution in [-0.4, -0.2) is 26.2 Å². The van der Waals surface area contributed by atoms with E-state index in [1.54, 1.807) is 17.8 Å². The number of nitrogens with two attached hydrogens (primary N) is 1. The molecule has 17 heavy (non-hydrogen) atoms. The Morgan fingerprint density at radius 2 is 2.41 bits per heavy atom. The van der Waals surface area contributed by atoms with E-state index in [-0.39, 0.29) is 5.84 Å². The summed E-state index contributed by atoms with van der Waals surface area (Å²) in [4.78, 5) is 4.21. The molecular formula is C9H9N5OS2. The second-order valence-corrected chi connectivity index (χ2v) is 5.17. The zero-order chi connectivity index (χ0) is 12.3. The number of nitrogens with zero attached hydrogens (tertiary/aromatic N) is 4. The van der Waals surface area contributed by atoms with E-state index in [2.05, 4.69) is 20.3 Å². The number of pyridine rings is 1. The Bertz CT molecular complexity index is 540. The third-order valence-electron chi connectivity index (χ3n) is 2.01. The molecule has 0 unspecified atom stereocenters. The summed E-state index contributed by atoms with van der Waals surface area (Å²) in [5.41, 5.74) is 8.79. The SMILES string of the molecule is Cc1ccnc(Sc2nncs2)c1/C(N)=N/O. The van der Waals surface area contributed by atoms with Gasteiger partial charge in [0.15, 0.2) is 10.2 Å². The van der Waals surface area contributed by atoms with Gasteiger partial charge in [-0.3, -0.25) is 0 Å². The lowest BCUT2D eigenvalue weighted by Gasteiger charge is -2.07. The molecular weight excluding hydrogens is 258 g/mol. The van der Waals surface area contributed by atoms with Crippen molar-refractivity contribution in [1.82, 2.24) is 15.2 Å². The molecule has 0 aromatic carbocycles. The van der Waals surface area contributed by atoms with E-state index < -0.39 is 0 Å². The van der Waals surface area contributed by atoms with Crippen molar-refractivity contribution in [2.45, 2.75) is 16.3 Å². The summed E-state index contributed by atoms with van der Waals surface area (Å²) in [6, 6.07) is 1.80. The van der Waals surface area contributed by atoms with Crippen LogP contribution in [0.3, 0.4) is 0 Å². The van der Waals surface area contributed by atoms with Gasteiger partial charge in [0.25, 0.3) is 0 Å². The number of rotatable bonds is 3. The molecule has 0 spiro atoms. The first-order valence-corrected chi connectivity index (χ1v) is 6.29. The molecule has 0 atom stereocenters. The van der Waals surface area contributed by atoms with E-state index >= 15 is 0 Å². The Balaban J connectivity index is 2.43. The lowest BCUT2D eigenvalue weighted by atomic mass is 10.1. The second kappa shape index (κ2) is 5.11. The number of aromatic nitrogens is 3. The number of oxime groups is 1. The lowest BCUT2D eigenvalue weighted by Crippen LogP contribution is -2.16. The van der Waals surface area contributed by atoms with Crippen LogP contribution < -0.4 is 5.73 Å². The first kappa shape index (κ1) is 11.8. The van der Waals surface area contributed by atoms with Gasteiger partial charge in [0.1, 0.15) is 10.5 Å². The van der Waals surface area contributed by atoms with Gasteiger partial charge >= 0.3 is 0 Å². The van der Waals surface area contributed by atoms with Crippen molar-refractivity contribution in [3.8, 4) is 0 Å². The number of amidine groups is 1. The molecule has 0 aliphatic carbocycles. The molecule has 6 nitrogen and oxygen atoms in total. The van der Waals surface area contributed by atoms with Crippen LogP contribution in [0.15, 0.2) is 32.3 Å². The minimum absolute atomic E-state index is 0.0441. The van der Waals surface area contributed by atoms with Gasteiger partial charge in [0.2, 0.25) is 0 Å². The summed E-state index contributed by atoms with van der Waals surface area (Å²) in [5, 5.41) is 20.1. The quantitative estimate of drug-likeness (QED) is 0.378. The molecule has 0 saturated heterocycles. The number of hydrogen-bond acceptors (Lipinski definition) is 7. The Kier molecular flexibility index (Phi) is 3.55. The first-order valence-electron chi connectivity index (χ1n) is 4.60. The van der Waals surface area contributed by atoms with Crippen LogP contribution >= 0.6 is 23.1 Å². The van der Waals surface area contributed by atoms with Gasteiger partial charge in [-0.2, -0.15) is 0 Å². The largest absolute Gasteiger partial charge is 0.409 e. The standard InChI is InChI=1S/C9H9N5OS2/c1-5-2-3-11-8(6(5)7(10)14-15)17-9-13-12-4-16-9/h2-4,15H,1H3,(H2,10,14). The predicted molar refractivity (Wildman–Crippen MR) is 65.5 cm³/mol. The third kappa shape index (κ3) is 2.53. The third-order valence-corrected chi connectivity index (χ3v) is 3.79. The van der Waals surface area contributed by atoms with E-state index in [0.717, 1.165) is 9.90 Å². The fourth-order valence-corrected chi connectivity index (χ4v) is 2.83. The summed E-state index contributed by atoms with van der Waals surface area (Å²) < 4.78 is 0.759. The summed E-state index contributed by atoms with van der Waals surface area (Å²) in [7, 11) is 0. The average Bonchev–Trinajstić information content (AvgIpc) is 2.81. The maximum atomic E-state index is 8.76. The smallest absolute Gasteiger partial charge is 0.180 e. The van der Waals surface area contributed by atoms with Crippen LogP contribution in [0.2, 0.25) is 0 Å². The maximum Gasteiger partial charge on any atom is 0.180 e. The fraction of sp³-hybridized carbons (Fsp3) is 0.111. The molecule has 0 aliphatic rings. The molecule has 2 heterocycles. The minimum atomic E-state index is 0.0441. The Labute approximate surface area is 106 Å². The highest BCUT2D eigenvalue weighted by Gasteiger charge is 2.14. The van der Waals surface area contributed by atoms with Crippen LogP contribution in [-0.2, 0) is 0 Å². The first-order chi connectivity index (χ1) is 8.22. The molecule has 0 radical (unpaired) electrons. The molecule has 0 aliphatic heterocycles. The molecule has 3 N–H and O–H groups in total. The predicted octanol–water partition coefficient (Wildman–Crippen LogP) is 1.49. The van der Waals surface area contributed by atoms with E-state index in [1.807, 2.05) is 6.92 Å². The van der Waals surface area contributed by atoms with Crippen molar-refractivity contribution in [3.05, 3.63) is 28.9 Å². The second-order valence-electron chi connectivity index (χ2n) is 3.10. The number of hydrogen-bond donors (Lipinski definition) is 2. The van der Waals surface area contributed by atoms with Crippen LogP contribution in [0.5, 0.6) is 0 Å². The minimum Gasteiger partial charge on any atom is -0.409 e. The Morgan fingerprint density at radius 1 is 1.59 bits per heavy atom. The highest BCUT2D eigenvalue weighted by molar-refractivity contribution is 8.01. The molecule has 2 aromatic heterocycles. The van der Waals surface area contributed by atoms with Crippen molar-refractivity contribution < 1.29 is 5.21 Å². The highest BCUT2D eigenvalue weighted by atomic mass is 32.2. The van der Waals surface area contributed by atoms with Crippen LogP contribution in [0.25, 0.3) is 0 Å². The molecule has 2 rings (SSSR count).